The van der Waals surface area contributed by atoms with E-state index in [0.717, 1.165) is 0 Å². The number of fused-ring (bicyclic) bond motifs is 1. The van der Waals surface area contributed by atoms with E-state index in [4.69, 9.17) is 9.84 Å². The van der Waals surface area contributed by atoms with Crippen molar-refractivity contribution in [2.75, 3.05) is 0 Å². The Morgan fingerprint density at radius 2 is 2.29 bits per heavy atom. The molecule has 4 nitrogen and oxygen atoms in total. The van der Waals surface area contributed by atoms with Crippen LogP contribution < -0.4 is 0 Å². The third kappa shape index (κ3) is 0.997. The van der Waals surface area contributed by atoms with Crippen LogP contribution in [-0.2, 0) is 14.3 Å². The van der Waals surface area contributed by atoms with Gasteiger partial charge < -0.3 is 9.84 Å². The molecular weight excluding hydrogens is 184 g/mol. The molecule has 1 N–H and O–H groups in total. The first-order valence-electron chi connectivity index (χ1n) is 4.61. The largest absolute Gasteiger partial charge is 0.481 e. The molecule has 1 fully saturated rings. The summed E-state index contributed by atoms with van der Waals surface area (Å²) in [7, 11) is 0. The van der Waals surface area contributed by atoms with E-state index < -0.39 is 23.5 Å². The summed E-state index contributed by atoms with van der Waals surface area (Å²) in [6.07, 6.45) is 3.70. The van der Waals surface area contributed by atoms with E-state index in [2.05, 4.69) is 0 Å². The third-order valence-corrected chi connectivity index (χ3v) is 3.16. The number of ether oxygens (including phenoxy) is 1. The Balaban J connectivity index is 2.39. The van der Waals surface area contributed by atoms with Gasteiger partial charge in [-0.25, -0.2) is 0 Å². The SMILES string of the molecule is CC1C=CC2(C)OC(=O)C(C(=O)O)C12. The number of carbonyl (C=O) groups excluding carboxylic acids is 1. The van der Waals surface area contributed by atoms with Gasteiger partial charge in [-0.05, 0) is 18.9 Å². The Kier molecular flexibility index (Phi) is 1.71. The van der Waals surface area contributed by atoms with E-state index in [0.29, 0.717) is 0 Å². The summed E-state index contributed by atoms with van der Waals surface area (Å²) in [6, 6.07) is 0. The maximum atomic E-state index is 11.3. The van der Waals surface area contributed by atoms with Crippen molar-refractivity contribution in [1.29, 1.82) is 0 Å². The van der Waals surface area contributed by atoms with E-state index in [-0.39, 0.29) is 11.8 Å². The number of carboxylic acids is 1. The van der Waals surface area contributed by atoms with Crippen LogP contribution in [0.4, 0.5) is 0 Å². The maximum absolute atomic E-state index is 11.3. The van der Waals surface area contributed by atoms with Crippen LogP contribution in [0.3, 0.4) is 0 Å². The van der Waals surface area contributed by atoms with E-state index >= 15 is 0 Å². The van der Waals surface area contributed by atoms with Crippen molar-refractivity contribution >= 4 is 11.9 Å². The zero-order valence-corrected chi connectivity index (χ0v) is 8.06. The lowest BCUT2D eigenvalue weighted by Crippen LogP contribution is -2.34. The van der Waals surface area contributed by atoms with Gasteiger partial charge in [0.25, 0.3) is 0 Å². The van der Waals surface area contributed by atoms with Crippen LogP contribution in [-0.4, -0.2) is 22.6 Å². The number of esters is 1. The second-order valence-electron chi connectivity index (χ2n) is 4.16. The first-order chi connectivity index (χ1) is 6.46. The zero-order valence-electron chi connectivity index (χ0n) is 8.06. The molecule has 4 atom stereocenters. The summed E-state index contributed by atoms with van der Waals surface area (Å²) >= 11 is 0. The Morgan fingerprint density at radius 1 is 1.64 bits per heavy atom. The smallest absolute Gasteiger partial charge is 0.321 e. The molecule has 4 unspecified atom stereocenters. The predicted octanol–water partition coefficient (Wildman–Crippen LogP) is 0.825. The Labute approximate surface area is 81.6 Å². The number of allylic oxidation sites excluding steroid dienone is 1. The molecule has 0 spiro atoms. The van der Waals surface area contributed by atoms with Crippen molar-refractivity contribution in [3.8, 4) is 0 Å². The van der Waals surface area contributed by atoms with Crippen molar-refractivity contribution in [3.63, 3.8) is 0 Å². The van der Waals surface area contributed by atoms with E-state index in [9.17, 15) is 9.59 Å². The molecule has 1 aliphatic heterocycles. The molecule has 4 heteroatoms. The van der Waals surface area contributed by atoms with Crippen molar-refractivity contribution in [2.45, 2.75) is 19.4 Å². The highest BCUT2D eigenvalue weighted by Gasteiger charge is 2.58. The Hall–Kier alpha value is -1.32. The molecule has 1 heterocycles. The number of carbonyl (C=O) groups is 2. The molecule has 0 aromatic heterocycles. The van der Waals surface area contributed by atoms with Crippen LogP contribution in [0.2, 0.25) is 0 Å². The molecule has 0 aromatic carbocycles. The third-order valence-electron chi connectivity index (χ3n) is 3.16. The minimum atomic E-state index is -1.08. The van der Waals surface area contributed by atoms with Gasteiger partial charge in [-0.2, -0.15) is 0 Å². The Bertz CT molecular complexity index is 333. The molecule has 2 aliphatic rings. The van der Waals surface area contributed by atoms with Gasteiger partial charge in [0.15, 0.2) is 5.92 Å². The number of aliphatic carboxylic acids is 1. The molecule has 0 aromatic rings. The summed E-state index contributed by atoms with van der Waals surface area (Å²) in [5.74, 6) is -2.88. The van der Waals surface area contributed by atoms with Gasteiger partial charge in [-0.15, -0.1) is 0 Å². The van der Waals surface area contributed by atoms with Crippen LogP contribution in [0.15, 0.2) is 12.2 Å². The van der Waals surface area contributed by atoms with Crippen LogP contribution in [0, 0.1) is 17.8 Å². The monoisotopic (exact) mass is 196 g/mol. The average molecular weight is 196 g/mol. The minimum Gasteiger partial charge on any atom is -0.481 e. The van der Waals surface area contributed by atoms with Gasteiger partial charge >= 0.3 is 11.9 Å². The van der Waals surface area contributed by atoms with Crippen LogP contribution in [0.1, 0.15) is 13.8 Å². The number of hydrogen-bond acceptors (Lipinski definition) is 3. The quantitative estimate of drug-likeness (QED) is 0.383. The molecule has 0 saturated carbocycles. The van der Waals surface area contributed by atoms with Gasteiger partial charge in [0.1, 0.15) is 5.60 Å². The molecule has 14 heavy (non-hydrogen) atoms. The van der Waals surface area contributed by atoms with Crippen LogP contribution >= 0.6 is 0 Å². The number of hydrogen-bond donors (Lipinski definition) is 1. The van der Waals surface area contributed by atoms with Gasteiger partial charge in [0.2, 0.25) is 0 Å². The lowest BCUT2D eigenvalue weighted by atomic mass is 9.79. The highest BCUT2D eigenvalue weighted by atomic mass is 16.6. The summed E-state index contributed by atoms with van der Waals surface area (Å²) in [5, 5.41) is 8.93. The molecule has 0 bridgehead atoms. The molecule has 2 rings (SSSR count). The molecule has 1 saturated heterocycles. The highest BCUT2D eigenvalue weighted by Crippen LogP contribution is 2.47. The van der Waals surface area contributed by atoms with Gasteiger partial charge in [-0.1, -0.05) is 13.0 Å². The highest BCUT2D eigenvalue weighted by molar-refractivity contribution is 5.96. The summed E-state index contributed by atoms with van der Waals surface area (Å²) < 4.78 is 5.11. The zero-order chi connectivity index (χ0) is 10.5. The summed E-state index contributed by atoms with van der Waals surface area (Å²) in [4.78, 5) is 22.3. The van der Waals surface area contributed by atoms with E-state index in [1.807, 2.05) is 13.0 Å². The van der Waals surface area contributed by atoms with Crippen LogP contribution in [0.25, 0.3) is 0 Å². The standard InChI is InChI=1S/C10H12O4/c1-5-3-4-10(2)7(5)6(8(11)12)9(13)14-10/h3-7H,1-2H3,(H,11,12). The molecule has 1 aliphatic carbocycles. The van der Waals surface area contributed by atoms with E-state index in [1.165, 1.54) is 0 Å². The number of rotatable bonds is 1. The minimum absolute atomic E-state index is 0.0764. The molecule has 76 valence electrons. The van der Waals surface area contributed by atoms with Crippen molar-refractivity contribution in [2.24, 2.45) is 17.8 Å². The van der Waals surface area contributed by atoms with Gasteiger partial charge in [0, 0.05) is 5.92 Å². The molecular formula is C10H12O4. The lowest BCUT2D eigenvalue weighted by molar-refractivity contribution is -0.154. The number of carboxylic acid groups (broad SMARTS) is 1. The second-order valence-corrected chi connectivity index (χ2v) is 4.16. The maximum Gasteiger partial charge on any atom is 0.321 e. The van der Waals surface area contributed by atoms with Crippen molar-refractivity contribution in [3.05, 3.63) is 12.2 Å². The fraction of sp³-hybridized carbons (Fsp3) is 0.600. The lowest BCUT2D eigenvalue weighted by Gasteiger charge is -2.23. The molecule has 0 amide bonds. The topological polar surface area (TPSA) is 63.6 Å². The first kappa shape index (κ1) is 9.24. The summed E-state index contributed by atoms with van der Waals surface area (Å²) in [5.41, 5.74) is -0.709. The average Bonchev–Trinajstić information content (AvgIpc) is 2.46. The van der Waals surface area contributed by atoms with Crippen molar-refractivity contribution < 1.29 is 19.4 Å². The van der Waals surface area contributed by atoms with Gasteiger partial charge in [-0.3, -0.25) is 9.59 Å². The van der Waals surface area contributed by atoms with Crippen LogP contribution in [0.5, 0.6) is 0 Å². The summed E-state index contributed by atoms with van der Waals surface area (Å²) in [6.45, 7) is 3.67. The van der Waals surface area contributed by atoms with Crippen molar-refractivity contribution in [1.82, 2.24) is 0 Å². The normalized spacial score (nSPS) is 45.0. The predicted molar refractivity (Wildman–Crippen MR) is 47.4 cm³/mol. The fourth-order valence-electron chi connectivity index (χ4n) is 2.51. The van der Waals surface area contributed by atoms with E-state index in [1.54, 1.807) is 13.0 Å². The second kappa shape index (κ2) is 2.59. The first-order valence-corrected chi connectivity index (χ1v) is 4.61. The Morgan fingerprint density at radius 3 is 2.86 bits per heavy atom. The molecule has 0 radical (unpaired) electrons. The van der Waals surface area contributed by atoms with Gasteiger partial charge in [0.05, 0.1) is 0 Å². The fourth-order valence-corrected chi connectivity index (χ4v) is 2.51.